The highest BCUT2D eigenvalue weighted by atomic mass is 16.7. The van der Waals surface area contributed by atoms with Gasteiger partial charge in [-0.25, -0.2) is 0 Å². The van der Waals surface area contributed by atoms with Crippen LogP contribution in [0.1, 0.15) is 82.6 Å². The molecule has 0 saturated heterocycles. The fourth-order valence-electron chi connectivity index (χ4n) is 2.53. The molecule has 132 valence electrons. The van der Waals surface area contributed by atoms with E-state index >= 15 is 0 Å². The van der Waals surface area contributed by atoms with Crippen LogP contribution in [-0.2, 0) is 14.3 Å². The molecule has 3 nitrogen and oxygen atoms in total. The van der Waals surface area contributed by atoms with Crippen molar-refractivity contribution in [3.63, 3.8) is 0 Å². The van der Waals surface area contributed by atoms with E-state index in [-0.39, 0.29) is 28.8 Å². The molecule has 0 radical (unpaired) electrons. The van der Waals surface area contributed by atoms with Gasteiger partial charge in [-0.1, -0.05) is 55.4 Å². The average Bonchev–Trinajstić information content (AvgIpc) is 2.22. The third-order valence-electron chi connectivity index (χ3n) is 4.16. The first kappa shape index (κ1) is 21.4. The molecule has 0 spiro atoms. The Kier molecular flexibility index (Phi) is 7.14. The molecule has 0 saturated carbocycles. The Labute approximate surface area is 138 Å². The second kappa shape index (κ2) is 7.33. The quantitative estimate of drug-likeness (QED) is 0.484. The fourth-order valence-corrected chi connectivity index (χ4v) is 2.53. The molecule has 22 heavy (non-hydrogen) atoms. The van der Waals surface area contributed by atoms with Crippen LogP contribution in [-0.4, -0.2) is 18.4 Å². The second-order valence-corrected chi connectivity index (χ2v) is 9.52. The van der Waals surface area contributed by atoms with Crippen LogP contribution in [0.2, 0.25) is 0 Å². The van der Waals surface area contributed by atoms with Crippen molar-refractivity contribution in [1.29, 1.82) is 0 Å². The molecule has 0 heterocycles. The molecule has 0 bridgehead atoms. The van der Waals surface area contributed by atoms with E-state index in [4.69, 9.17) is 9.47 Å². The van der Waals surface area contributed by atoms with Crippen molar-refractivity contribution in [1.82, 2.24) is 0 Å². The summed E-state index contributed by atoms with van der Waals surface area (Å²) in [4.78, 5) is 13.0. The van der Waals surface area contributed by atoms with Crippen molar-refractivity contribution < 1.29 is 14.3 Å². The summed E-state index contributed by atoms with van der Waals surface area (Å²) in [6.45, 7) is 22.8. The van der Waals surface area contributed by atoms with Crippen LogP contribution >= 0.6 is 0 Å². The summed E-state index contributed by atoms with van der Waals surface area (Å²) in [6.07, 6.45) is 0.312. The fraction of sp³-hybridized carbons (Fsp3) is 0.947. The van der Waals surface area contributed by atoms with E-state index in [0.717, 1.165) is 6.42 Å². The largest absolute Gasteiger partial charge is 0.435 e. The molecule has 0 N–H and O–H groups in total. The molecule has 0 fully saturated rings. The van der Waals surface area contributed by atoms with Gasteiger partial charge in [-0.05, 0) is 38.0 Å². The zero-order chi connectivity index (χ0) is 17.9. The van der Waals surface area contributed by atoms with Crippen LogP contribution in [0, 0.1) is 22.2 Å². The molecule has 3 heteroatoms. The van der Waals surface area contributed by atoms with Gasteiger partial charge in [0.25, 0.3) is 0 Å². The van der Waals surface area contributed by atoms with Gasteiger partial charge in [0.2, 0.25) is 6.29 Å². The Morgan fingerprint density at radius 2 is 1.36 bits per heavy atom. The summed E-state index contributed by atoms with van der Waals surface area (Å²) in [6, 6.07) is 0. The normalized spacial score (nSPS) is 17.5. The maximum atomic E-state index is 13.0. The van der Waals surface area contributed by atoms with Crippen LogP contribution in [0.25, 0.3) is 0 Å². The number of carbonyl (C=O) groups excluding carboxylic acids is 1. The first-order chi connectivity index (χ1) is 9.60. The van der Waals surface area contributed by atoms with Crippen molar-refractivity contribution in [2.45, 2.75) is 95.0 Å². The van der Waals surface area contributed by atoms with Crippen LogP contribution < -0.4 is 0 Å². The maximum absolute atomic E-state index is 13.0. The SMILES string of the molecule is CC(C)OC(OC(=O)C(C)(CC(C)(C)C)C(C)(C)C)C(C)C. The topological polar surface area (TPSA) is 35.5 Å². The summed E-state index contributed by atoms with van der Waals surface area (Å²) >= 11 is 0. The highest BCUT2D eigenvalue weighted by Gasteiger charge is 2.48. The Bertz CT molecular complexity index is 358. The minimum Gasteiger partial charge on any atom is -0.435 e. The number of hydrogen-bond acceptors (Lipinski definition) is 3. The van der Waals surface area contributed by atoms with Gasteiger partial charge in [-0.3, -0.25) is 4.79 Å². The highest BCUT2D eigenvalue weighted by Crippen LogP contribution is 2.47. The Morgan fingerprint density at radius 3 is 1.64 bits per heavy atom. The first-order valence-corrected chi connectivity index (χ1v) is 8.47. The van der Waals surface area contributed by atoms with E-state index in [9.17, 15) is 4.79 Å². The van der Waals surface area contributed by atoms with Crippen LogP contribution in [0.4, 0.5) is 0 Å². The van der Waals surface area contributed by atoms with Crippen LogP contribution in [0.3, 0.4) is 0 Å². The van der Waals surface area contributed by atoms with Crippen LogP contribution in [0.15, 0.2) is 0 Å². The van der Waals surface area contributed by atoms with E-state index in [1.807, 2.05) is 34.6 Å². The lowest BCUT2D eigenvalue weighted by atomic mass is 9.61. The van der Waals surface area contributed by atoms with Gasteiger partial charge in [-0.2, -0.15) is 0 Å². The van der Waals surface area contributed by atoms with E-state index in [0.29, 0.717) is 0 Å². The van der Waals surface area contributed by atoms with E-state index in [2.05, 4.69) is 41.5 Å². The highest BCUT2D eigenvalue weighted by molar-refractivity contribution is 5.77. The lowest BCUT2D eigenvalue weighted by molar-refractivity contribution is -0.213. The molecule has 0 aromatic heterocycles. The molecule has 0 aromatic rings. The molecule has 0 aliphatic rings. The zero-order valence-electron chi connectivity index (χ0n) is 16.7. The van der Waals surface area contributed by atoms with Crippen molar-refractivity contribution in [3.8, 4) is 0 Å². The molecular weight excluding hydrogens is 276 g/mol. The molecule has 2 atom stereocenters. The lowest BCUT2D eigenvalue weighted by Crippen LogP contribution is -2.46. The number of hydrogen-bond donors (Lipinski definition) is 0. The lowest BCUT2D eigenvalue weighted by Gasteiger charge is -2.44. The number of ether oxygens (including phenoxy) is 2. The van der Waals surface area contributed by atoms with Gasteiger partial charge in [0.1, 0.15) is 0 Å². The smallest absolute Gasteiger partial charge is 0.314 e. The Morgan fingerprint density at radius 1 is 0.909 bits per heavy atom. The molecule has 0 aromatic carbocycles. The van der Waals surface area contributed by atoms with Gasteiger partial charge in [0.05, 0.1) is 11.5 Å². The van der Waals surface area contributed by atoms with Gasteiger partial charge < -0.3 is 9.47 Å². The summed E-state index contributed by atoms with van der Waals surface area (Å²) in [7, 11) is 0. The average molecular weight is 315 g/mol. The summed E-state index contributed by atoms with van der Waals surface area (Å²) in [5.74, 6) is -0.0283. The van der Waals surface area contributed by atoms with E-state index in [1.54, 1.807) is 0 Å². The van der Waals surface area contributed by atoms with Crippen molar-refractivity contribution >= 4 is 5.97 Å². The maximum Gasteiger partial charge on any atom is 0.314 e. The minimum atomic E-state index is -0.557. The third-order valence-corrected chi connectivity index (χ3v) is 4.16. The monoisotopic (exact) mass is 314 g/mol. The molecule has 0 amide bonds. The molecule has 0 aliphatic heterocycles. The van der Waals surface area contributed by atoms with Gasteiger partial charge in [0, 0.05) is 5.92 Å². The standard InChI is InChI=1S/C19H38O3/c1-13(2)15(21-14(3)4)22-16(20)19(11,18(8,9)10)12-17(5,6)7/h13-15H,12H2,1-11H3. The summed E-state index contributed by atoms with van der Waals surface area (Å²) in [5.41, 5.74) is -0.692. The Hall–Kier alpha value is -0.570. The van der Waals surface area contributed by atoms with Gasteiger partial charge >= 0.3 is 5.97 Å². The van der Waals surface area contributed by atoms with E-state index < -0.39 is 11.7 Å². The van der Waals surface area contributed by atoms with Gasteiger partial charge in [-0.15, -0.1) is 0 Å². The number of carbonyl (C=O) groups is 1. The summed E-state index contributed by atoms with van der Waals surface area (Å²) < 4.78 is 11.6. The van der Waals surface area contributed by atoms with Gasteiger partial charge in [0.15, 0.2) is 0 Å². The third kappa shape index (κ3) is 6.28. The zero-order valence-corrected chi connectivity index (χ0v) is 16.7. The first-order valence-electron chi connectivity index (χ1n) is 8.47. The van der Waals surface area contributed by atoms with Crippen molar-refractivity contribution in [3.05, 3.63) is 0 Å². The van der Waals surface area contributed by atoms with Crippen molar-refractivity contribution in [2.24, 2.45) is 22.2 Å². The molecular formula is C19H38O3. The molecule has 0 aliphatic carbocycles. The second-order valence-electron chi connectivity index (χ2n) is 9.52. The van der Waals surface area contributed by atoms with E-state index in [1.165, 1.54) is 0 Å². The minimum absolute atomic E-state index is 0.0312. The van der Waals surface area contributed by atoms with Crippen LogP contribution in [0.5, 0.6) is 0 Å². The number of rotatable bonds is 6. The van der Waals surface area contributed by atoms with Crippen molar-refractivity contribution in [2.75, 3.05) is 0 Å². The summed E-state index contributed by atoms with van der Waals surface area (Å²) in [5, 5.41) is 0. The molecule has 0 rings (SSSR count). The predicted octanol–water partition coefficient (Wildman–Crippen LogP) is 5.43. The Balaban J connectivity index is 5.37. The number of esters is 1. The molecule has 2 unspecified atom stereocenters. The predicted molar refractivity (Wildman–Crippen MR) is 92.6 cm³/mol.